The predicted molar refractivity (Wildman–Crippen MR) is 72.2 cm³/mol. The third-order valence-corrected chi connectivity index (χ3v) is 2.95. The molecule has 2 amide bonds. The van der Waals surface area contributed by atoms with E-state index in [0.29, 0.717) is 25.2 Å². The second-order valence-corrected chi connectivity index (χ2v) is 4.63. The average molecular weight is 262 g/mol. The number of hydrogen-bond acceptors (Lipinski definition) is 3. The zero-order valence-electron chi connectivity index (χ0n) is 11.2. The van der Waals surface area contributed by atoms with Gasteiger partial charge in [0.05, 0.1) is 13.0 Å². The maximum atomic E-state index is 12.0. The van der Waals surface area contributed by atoms with Crippen LogP contribution in [0.3, 0.4) is 0 Å². The summed E-state index contributed by atoms with van der Waals surface area (Å²) >= 11 is 0. The summed E-state index contributed by atoms with van der Waals surface area (Å²) in [6.07, 6.45) is 0.387. The number of carbonyl (C=O) groups is 2. The van der Waals surface area contributed by atoms with Gasteiger partial charge in [0, 0.05) is 23.9 Å². The number of anilines is 1. The van der Waals surface area contributed by atoms with Crippen molar-refractivity contribution in [3.05, 3.63) is 29.3 Å². The molecule has 5 heteroatoms. The Kier molecular flexibility index (Phi) is 4.16. The Balaban J connectivity index is 2.00. The van der Waals surface area contributed by atoms with Gasteiger partial charge in [-0.1, -0.05) is 6.07 Å². The predicted octanol–water partition coefficient (Wildman–Crippen LogP) is 1.34. The number of fused-ring (bicyclic) bond motifs is 1. The van der Waals surface area contributed by atoms with E-state index in [9.17, 15) is 9.59 Å². The summed E-state index contributed by atoms with van der Waals surface area (Å²) in [7, 11) is 0. The van der Waals surface area contributed by atoms with Crippen LogP contribution >= 0.6 is 0 Å². The third kappa shape index (κ3) is 3.32. The Morgan fingerprint density at radius 2 is 2.32 bits per heavy atom. The molecular formula is C14H18N2O3. The van der Waals surface area contributed by atoms with Crippen molar-refractivity contribution in [1.29, 1.82) is 0 Å². The van der Waals surface area contributed by atoms with Crippen molar-refractivity contribution in [2.75, 3.05) is 18.5 Å². The number of rotatable bonds is 5. The minimum Gasteiger partial charge on any atom is -0.380 e. The normalized spacial score (nSPS) is 14.7. The lowest BCUT2D eigenvalue weighted by atomic mass is 10.1. The highest BCUT2D eigenvalue weighted by Crippen LogP contribution is 2.23. The lowest BCUT2D eigenvalue weighted by molar-refractivity contribution is -0.115. The van der Waals surface area contributed by atoms with Crippen molar-refractivity contribution in [2.45, 2.75) is 26.3 Å². The van der Waals surface area contributed by atoms with E-state index in [-0.39, 0.29) is 17.9 Å². The molecule has 1 unspecified atom stereocenters. The fourth-order valence-electron chi connectivity index (χ4n) is 2.00. The summed E-state index contributed by atoms with van der Waals surface area (Å²) in [4.78, 5) is 23.3. The van der Waals surface area contributed by atoms with E-state index >= 15 is 0 Å². The largest absolute Gasteiger partial charge is 0.380 e. The first kappa shape index (κ1) is 13.5. The molecule has 0 saturated heterocycles. The molecule has 2 N–H and O–H groups in total. The van der Waals surface area contributed by atoms with Crippen molar-refractivity contribution in [3.8, 4) is 0 Å². The van der Waals surface area contributed by atoms with Gasteiger partial charge in [0.2, 0.25) is 5.91 Å². The van der Waals surface area contributed by atoms with Gasteiger partial charge in [0.15, 0.2) is 0 Å². The highest BCUT2D eigenvalue weighted by molar-refractivity contribution is 6.02. The fourth-order valence-corrected chi connectivity index (χ4v) is 2.00. The molecule has 0 saturated carbocycles. The highest BCUT2D eigenvalue weighted by atomic mass is 16.5. The molecule has 5 nitrogen and oxygen atoms in total. The molecule has 1 aliphatic heterocycles. The molecule has 1 aliphatic rings. The lowest BCUT2D eigenvalue weighted by Gasteiger charge is -2.14. The Morgan fingerprint density at radius 1 is 1.53 bits per heavy atom. The van der Waals surface area contributed by atoms with Crippen molar-refractivity contribution in [1.82, 2.24) is 5.32 Å². The zero-order valence-corrected chi connectivity index (χ0v) is 11.2. The number of nitrogens with one attached hydrogen (secondary N) is 2. The van der Waals surface area contributed by atoms with Crippen LogP contribution in [0, 0.1) is 0 Å². The first-order valence-electron chi connectivity index (χ1n) is 6.41. The maximum Gasteiger partial charge on any atom is 0.251 e. The Labute approximate surface area is 112 Å². The van der Waals surface area contributed by atoms with Crippen LogP contribution in [0.25, 0.3) is 0 Å². The number of ether oxygens (including phenoxy) is 1. The van der Waals surface area contributed by atoms with Gasteiger partial charge in [0.1, 0.15) is 0 Å². The van der Waals surface area contributed by atoms with Crippen LogP contribution in [0.4, 0.5) is 5.69 Å². The van der Waals surface area contributed by atoms with Crippen LogP contribution in [-0.2, 0) is 16.0 Å². The van der Waals surface area contributed by atoms with Gasteiger partial charge in [-0.05, 0) is 31.5 Å². The molecule has 2 rings (SSSR count). The number of hydrogen-bond donors (Lipinski definition) is 2. The van der Waals surface area contributed by atoms with Crippen molar-refractivity contribution in [3.63, 3.8) is 0 Å². The summed E-state index contributed by atoms with van der Waals surface area (Å²) in [5.41, 5.74) is 2.21. The molecule has 0 aliphatic carbocycles. The molecule has 102 valence electrons. The third-order valence-electron chi connectivity index (χ3n) is 2.95. The van der Waals surface area contributed by atoms with Crippen molar-refractivity contribution in [2.24, 2.45) is 0 Å². The molecule has 0 fully saturated rings. The van der Waals surface area contributed by atoms with Gasteiger partial charge >= 0.3 is 0 Å². The maximum absolute atomic E-state index is 12.0. The van der Waals surface area contributed by atoms with E-state index in [2.05, 4.69) is 10.6 Å². The van der Waals surface area contributed by atoms with Crippen LogP contribution in [0.2, 0.25) is 0 Å². The lowest BCUT2D eigenvalue weighted by Crippen LogP contribution is -2.35. The van der Waals surface area contributed by atoms with E-state index in [1.807, 2.05) is 19.9 Å². The molecule has 0 radical (unpaired) electrons. The fraction of sp³-hybridized carbons (Fsp3) is 0.429. The highest BCUT2D eigenvalue weighted by Gasteiger charge is 2.19. The Hall–Kier alpha value is -1.88. The van der Waals surface area contributed by atoms with E-state index in [1.165, 1.54) is 0 Å². The van der Waals surface area contributed by atoms with Gasteiger partial charge in [0.25, 0.3) is 5.91 Å². The first-order chi connectivity index (χ1) is 9.10. The number of amides is 2. The van der Waals surface area contributed by atoms with Gasteiger partial charge in [-0.25, -0.2) is 0 Å². The summed E-state index contributed by atoms with van der Waals surface area (Å²) < 4.78 is 5.25. The van der Waals surface area contributed by atoms with Crippen molar-refractivity contribution >= 4 is 17.5 Å². The quantitative estimate of drug-likeness (QED) is 0.841. The van der Waals surface area contributed by atoms with Crippen LogP contribution in [-0.4, -0.2) is 31.1 Å². The molecule has 0 spiro atoms. The first-order valence-corrected chi connectivity index (χ1v) is 6.41. The Morgan fingerprint density at radius 3 is 3.05 bits per heavy atom. The number of carbonyl (C=O) groups excluding carboxylic acids is 2. The molecule has 0 aromatic heterocycles. The summed E-state index contributed by atoms with van der Waals surface area (Å²) in [6.45, 7) is 4.93. The van der Waals surface area contributed by atoms with E-state index in [0.717, 1.165) is 11.3 Å². The second kappa shape index (κ2) is 5.84. The average Bonchev–Trinajstić information content (AvgIpc) is 2.75. The second-order valence-electron chi connectivity index (χ2n) is 4.63. The van der Waals surface area contributed by atoms with E-state index in [4.69, 9.17) is 4.74 Å². The molecule has 1 atom stereocenters. The monoisotopic (exact) mass is 262 g/mol. The smallest absolute Gasteiger partial charge is 0.251 e. The molecule has 1 heterocycles. The Bertz CT molecular complexity index is 499. The van der Waals surface area contributed by atoms with Gasteiger partial charge < -0.3 is 15.4 Å². The van der Waals surface area contributed by atoms with Crippen LogP contribution in [0.15, 0.2) is 18.2 Å². The minimum atomic E-state index is -0.156. The standard InChI is InChI=1S/C14H18N2O3/c1-3-19-8-9(2)15-14(18)11-5-4-10-7-13(17)16-12(10)6-11/h4-6,9H,3,7-8H2,1-2H3,(H,15,18)(H,16,17). The molecule has 19 heavy (non-hydrogen) atoms. The van der Waals surface area contributed by atoms with E-state index in [1.54, 1.807) is 12.1 Å². The molecule has 0 bridgehead atoms. The van der Waals surface area contributed by atoms with Crippen LogP contribution in [0.5, 0.6) is 0 Å². The topological polar surface area (TPSA) is 67.4 Å². The summed E-state index contributed by atoms with van der Waals surface area (Å²) in [6, 6.07) is 5.22. The van der Waals surface area contributed by atoms with Gasteiger partial charge in [-0.3, -0.25) is 9.59 Å². The summed E-state index contributed by atoms with van der Waals surface area (Å²) in [5.74, 6) is -0.187. The van der Waals surface area contributed by atoms with E-state index < -0.39 is 0 Å². The molecule has 1 aromatic carbocycles. The molecule has 1 aromatic rings. The number of benzene rings is 1. The minimum absolute atomic E-state index is 0.0303. The summed E-state index contributed by atoms with van der Waals surface area (Å²) in [5, 5.41) is 5.59. The van der Waals surface area contributed by atoms with Gasteiger partial charge in [-0.2, -0.15) is 0 Å². The molecular weight excluding hydrogens is 244 g/mol. The zero-order chi connectivity index (χ0) is 13.8. The van der Waals surface area contributed by atoms with Crippen LogP contribution < -0.4 is 10.6 Å². The van der Waals surface area contributed by atoms with Crippen LogP contribution in [0.1, 0.15) is 29.8 Å². The van der Waals surface area contributed by atoms with Crippen molar-refractivity contribution < 1.29 is 14.3 Å². The SMILES string of the molecule is CCOCC(C)NC(=O)c1ccc2c(c1)NC(=O)C2. The van der Waals surface area contributed by atoms with Gasteiger partial charge in [-0.15, -0.1) is 0 Å².